The second-order valence-electron chi connectivity index (χ2n) is 6.23. The molecule has 0 aromatic heterocycles. The van der Waals surface area contributed by atoms with Crippen LogP contribution in [0, 0.1) is 5.82 Å². The van der Waals surface area contributed by atoms with Crippen LogP contribution in [0.4, 0.5) is 10.1 Å². The minimum atomic E-state index is -0.487. The van der Waals surface area contributed by atoms with Crippen molar-refractivity contribution in [3.05, 3.63) is 65.0 Å². The van der Waals surface area contributed by atoms with E-state index >= 15 is 0 Å². The fraction of sp³-hybridized carbons (Fsp3) is 0.350. The average Bonchev–Trinajstić information content (AvgIpc) is 2.61. The van der Waals surface area contributed by atoms with Gasteiger partial charge in [-0.2, -0.15) is 0 Å². The van der Waals surface area contributed by atoms with Crippen molar-refractivity contribution in [2.24, 2.45) is 0 Å². The Morgan fingerprint density at radius 3 is 2.56 bits per heavy atom. The van der Waals surface area contributed by atoms with Crippen LogP contribution in [0.3, 0.4) is 0 Å². The van der Waals surface area contributed by atoms with E-state index in [9.17, 15) is 9.18 Å². The Morgan fingerprint density at radius 2 is 1.84 bits per heavy atom. The zero-order valence-electron chi connectivity index (χ0n) is 14.4. The van der Waals surface area contributed by atoms with Crippen LogP contribution in [0.15, 0.2) is 42.5 Å². The standard InChI is InChI=1S/C20H23FN2O2/c1-15(24)20-18(21)7-4-8-19(20)22-13-16-5-2-3-6-17(16)14-23-9-11-25-12-10-23/h2-8,22H,9-14H2,1H3. The smallest absolute Gasteiger partial charge is 0.164 e. The van der Waals surface area contributed by atoms with Gasteiger partial charge in [0.25, 0.3) is 0 Å². The fourth-order valence-corrected chi connectivity index (χ4v) is 3.10. The van der Waals surface area contributed by atoms with Gasteiger partial charge in [0.15, 0.2) is 5.78 Å². The van der Waals surface area contributed by atoms with Crippen molar-refractivity contribution in [2.45, 2.75) is 20.0 Å². The molecule has 1 aliphatic rings. The van der Waals surface area contributed by atoms with E-state index < -0.39 is 5.82 Å². The van der Waals surface area contributed by atoms with Gasteiger partial charge in [-0.05, 0) is 30.2 Å². The van der Waals surface area contributed by atoms with Crippen LogP contribution >= 0.6 is 0 Å². The summed E-state index contributed by atoms with van der Waals surface area (Å²) in [5, 5.41) is 3.23. The molecule has 1 fully saturated rings. The van der Waals surface area contributed by atoms with E-state index in [0.717, 1.165) is 38.4 Å². The van der Waals surface area contributed by atoms with E-state index in [2.05, 4.69) is 22.3 Å². The monoisotopic (exact) mass is 342 g/mol. The number of nitrogens with one attached hydrogen (secondary N) is 1. The minimum Gasteiger partial charge on any atom is -0.380 e. The Kier molecular flexibility index (Phi) is 5.79. The molecule has 1 saturated heterocycles. The fourth-order valence-electron chi connectivity index (χ4n) is 3.10. The lowest BCUT2D eigenvalue weighted by molar-refractivity contribution is 0.0341. The molecule has 0 spiro atoms. The van der Waals surface area contributed by atoms with Crippen molar-refractivity contribution in [3.8, 4) is 0 Å². The maximum Gasteiger partial charge on any atom is 0.164 e. The molecular weight excluding hydrogens is 319 g/mol. The number of carbonyl (C=O) groups excluding carboxylic acids is 1. The van der Waals surface area contributed by atoms with Crippen LogP contribution in [0.5, 0.6) is 0 Å². The Balaban J connectivity index is 1.74. The molecule has 25 heavy (non-hydrogen) atoms. The van der Waals surface area contributed by atoms with E-state index in [1.807, 2.05) is 12.1 Å². The number of benzene rings is 2. The lowest BCUT2D eigenvalue weighted by atomic mass is 10.1. The number of hydrogen-bond donors (Lipinski definition) is 1. The predicted octanol–water partition coefficient (Wildman–Crippen LogP) is 3.47. The number of anilines is 1. The van der Waals surface area contributed by atoms with Gasteiger partial charge in [-0.3, -0.25) is 9.69 Å². The molecule has 2 aromatic rings. The van der Waals surface area contributed by atoms with Gasteiger partial charge in [-0.1, -0.05) is 30.3 Å². The van der Waals surface area contributed by atoms with Crippen LogP contribution in [-0.4, -0.2) is 37.0 Å². The van der Waals surface area contributed by atoms with Crippen LogP contribution < -0.4 is 5.32 Å². The molecule has 5 heteroatoms. The SMILES string of the molecule is CC(=O)c1c(F)cccc1NCc1ccccc1CN1CCOCC1. The third-order valence-electron chi connectivity index (χ3n) is 4.45. The molecule has 1 heterocycles. The van der Waals surface area contributed by atoms with Gasteiger partial charge in [0, 0.05) is 31.9 Å². The Morgan fingerprint density at radius 1 is 1.12 bits per heavy atom. The Labute approximate surface area is 147 Å². The highest BCUT2D eigenvalue weighted by Gasteiger charge is 2.15. The van der Waals surface area contributed by atoms with Gasteiger partial charge in [0.1, 0.15) is 5.82 Å². The average molecular weight is 342 g/mol. The highest BCUT2D eigenvalue weighted by atomic mass is 19.1. The zero-order valence-corrected chi connectivity index (χ0v) is 14.4. The molecule has 132 valence electrons. The molecule has 0 atom stereocenters. The van der Waals surface area contributed by atoms with Crippen LogP contribution in [0.1, 0.15) is 28.4 Å². The molecule has 3 rings (SSSR count). The first-order valence-electron chi connectivity index (χ1n) is 8.55. The molecule has 0 unspecified atom stereocenters. The lowest BCUT2D eigenvalue weighted by Crippen LogP contribution is -2.35. The Bertz CT molecular complexity index is 742. The molecule has 2 aromatic carbocycles. The number of rotatable bonds is 6. The van der Waals surface area contributed by atoms with Crippen molar-refractivity contribution >= 4 is 11.5 Å². The first-order chi connectivity index (χ1) is 12.1. The van der Waals surface area contributed by atoms with Crippen molar-refractivity contribution in [1.82, 2.24) is 4.90 Å². The lowest BCUT2D eigenvalue weighted by Gasteiger charge is -2.27. The number of ether oxygens (including phenoxy) is 1. The molecule has 1 N–H and O–H groups in total. The summed E-state index contributed by atoms with van der Waals surface area (Å²) in [5.41, 5.74) is 3.03. The topological polar surface area (TPSA) is 41.6 Å². The number of morpholine rings is 1. The quantitative estimate of drug-likeness (QED) is 0.816. The third-order valence-corrected chi connectivity index (χ3v) is 4.45. The number of hydrogen-bond acceptors (Lipinski definition) is 4. The molecule has 0 saturated carbocycles. The van der Waals surface area contributed by atoms with Crippen LogP contribution in [-0.2, 0) is 17.8 Å². The van der Waals surface area contributed by atoms with E-state index in [4.69, 9.17) is 4.74 Å². The number of carbonyl (C=O) groups is 1. The van der Waals surface area contributed by atoms with E-state index in [1.165, 1.54) is 18.6 Å². The summed E-state index contributed by atoms with van der Waals surface area (Å²) in [4.78, 5) is 14.1. The summed E-state index contributed by atoms with van der Waals surface area (Å²) in [7, 11) is 0. The zero-order chi connectivity index (χ0) is 17.6. The summed E-state index contributed by atoms with van der Waals surface area (Å²) in [6.45, 7) is 6.20. The molecule has 0 amide bonds. The van der Waals surface area contributed by atoms with Crippen LogP contribution in [0.2, 0.25) is 0 Å². The van der Waals surface area contributed by atoms with E-state index in [-0.39, 0.29) is 11.3 Å². The second-order valence-corrected chi connectivity index (χ2v) is 6.23. The van der Waals surface area contributed by atoms with Gasteiger partial charge in [-0.25, -0.2) is 4.39 Å². The van der Waals surface area contributed by atoms with Gasteiger partial charge < -0.3 is 10.1 Å². The molecule has 0 aliphatic carbocycles. The highest BCUT2D eigenvalue weighted by molar-refractivity contribution is 5.99. The van der Waals surface area contributed by atoms with Crippen molar-refractivity contribution in [1.29, 1.82) is 0 Å². The Hall–Kier alpha value is -2.24. The highest BCUT2D eigenvalue weighted by Crippen LogP contribution is 2.21. The minimum absolute atomic E-state index is 0.119. The van der Waals surface area contributed by atoms with Crippen molar-refractivity contribution < 1.29 is 13.9 Å². The van der Waals surface area contributed by atoms with Gasteiger partial charge >= 0.3 is 0 Å². The number of nitrogens with zero attached hydrogens (tertiary/aromatic N) is 1. The third kappa shape index (κ3) is 4.44. The molecule has 4 nitrogen and oxygen atoms in total. The maximum atomic E-state index is 13.9. The van der Waals surface area contributed by atoms with Gasteiger partial charge in [-0.15, -0.1) is 0 Å². The first kappa shape index (κ1) is 17.6. The summed E-state index contributed by atoms with van der Waals surface area (Å²) < 4.78 is 19.3. The second kappa shape index (κ2) is 8.23. The largest absolute Gasteiger partial charge is 0.380 e. The summed E-state index contributed by atoms with van der Waals surface area (Å²) >= 11 is 0. The number of Topliss-reactive ketones (excluding diaryl/α,β-unsaturated/α-hetero) is 1. The maximum absolute atomic E-state index is 13.9. The summed E-state index contributed by atoms with van der Waals surface area (Å²) in [6, 6.07) is 12.9. The summed E-state index contributed by atoms with van der Waals surface area (Å²) in [6.07, 6.45) is 0. The van der Waals surface area contributed by atoms with Crippen molar-refractivity contribution in [2.75, 3.05) is 31.6 Å². The van der Waals surface area contributed by atoms with E-state index in [1.54, 1.807) is 12.1 Å². The summed E-state index contributed by atoms with van der Waals surface area (Å²) in [5.74, 6) is -0.763. The normalized spacial score (nSPS) is 15.1. The molecular formula is C20H23FN2O2. The molecule has 1 aliphatic heterocycles. The van der Waals surface area contributed by atoms with E-state index in [0.29, 0.717) is 12.2 Å². The van der Waals surface area contributed by atoms with Gasteiger partial charge in [0.05, 0.1) is 18.8 Å². The predicted molar refractivity (Wildman–Crippen MR) is 96.3 cm³/mol. The first-order valence-corrected chi connectivity index (χ1v) is 8.55. The molecule has 0 bridgehead atoms. The van der Waals surface area contributed by atoms with Crippen LogP contribution in [0.25, 0.3) is 0 Å². The number of ketones is 1. The number of halogens is 1. The van der Waals surface area contributed by atoms with Gasteiger partial charge in [0.2, 0.25) is 0 Å². The van der Waals surface area contributed by atoms with Crippen molar-refractivity contribution in [3.63, 3.8) is 0 Å². The molecule has 0 radical (unpaired) electrons.